The highest BCUT2D eigenvalue weighted by molar-refractivity contribution is 5.92. The van der Waals surface area contributed by atoms with Crippen LogP contribution in [-0.4, -0.2) is 38.5 Å². The van der Waals surface area contributed by atoms with Gasteiger partial charge in [0.1, 0.15) is 0 Å². The number of benzene rings is 1. The fraction of sp³-hybridized carbons (Fsp3) is 0.476. The van der Waals surface area contributed by atoms with E-state index in [4.69, 9.17) is 15.9 Å². The second-order valence-corrected chi connectivity index (χ2v) is 7.28. The highest BCUT2D eigenvalue weighted by atomic mass is 19.4. The normalized spacial score (nSPS) is 14.2. The Bertz CT molecular complexity index is 890. The van der Waals surface area contributed by atoms with E-state index in [1.54, 1.807) is 6.07 Å². The van der Waals surface area contributed by atoms with Crippen LogP contribution in [0.15, 0.2) is 30.3 Å². The van der Waals surface area contributed by atoms with Gasteiger partial charge in [-0.25, -0.2) is 0 Å². The number of amides is 1. The predicted octanol–water partition coefficient (Wildman–Crippen LogP) is 4.02. The Hall–Kier alpha value is -2.88. The first kappa shape index (κ1) is 24.4. The first-order chi connectivity index (χ1) is 14.6. The maximum absolute atomic E-state index is 13.3. The minimum atomic E-state index is -4.48. The number of hydrogen-bond acceptors (Lipinski definition) is 4. The molecule has 170 valence electrons. The number of primary amides is 1. The Morgan fingerprint density at radius 3 is 2.35 bits per heavy atom. The smallest absolute Gasteiger partial charge is 0.417 e. The third-order valence-electron chi connectivity index (χ3n) is 4.97. The van der Waals surface area contributed by atoms with Crippen LogP contribution in [0.3, 0.4) is 0 Å². The molecule has 0 spiro atoms. The average Bonchev–Trinajstić information content (AvgIpc) is 3.37. The Labute approximate surface area is 177 Å². The predicted molar refractivity (Wildman–Crippen MR) is 107 cm³/mol. The van der Waals surface area contributed by atoms with Gasteiger partial charge in [-0.1, -0.05) is 31.0 Å². The maximum Gasteiger partial charge on any atom is 0.417 e. The number of aromatic nitrogens is 2. The van der Waals surface area contributed by atoms with Crippen molar-refractivity contribution in [2.75, 3.05) is 6.61 Å². The molecule has 0 radical (unpaired) electrons. The maximum atomic E-state index is 13.3. The quantitative estimate of drug-likeness (QED) is 0.561. The third kappa shape index (κ3) is 6.81. The van der Waals surface area contributed by atoms with E-state index in [2.05, 4.69) is 5.10 Å². The molecule has 0 aliphatic heterocycles. The number of alkyl halides is 3. The summed E-state index contributed by atoms with van der Waals surface area (Å²) in [4.78, 5) is 21.2. The number of aliphatic hydroxyl groups excluding tert-OH is 1. The largest absolute Gasteiger partial charge is 0.481 e. The van der Waals surface area contributed by atoms with E-state index < -0.39 is 23.6 Å². The molecule has 1 aromatic heterocycles. The zero-order chi connectivity index (χ0) is 23.0. The van der Waals surface area contributed by atoms with Crippen LogP contribution in [0.4, 0.5) is 13.2 Å². The van der Waals surface area contributed by atoms with Crippen LogP contribution in [0.1, 0.15) is 67.0 Å². The van der Waals surface area contributed by atoms with E-state index in [1.165, 1.54) is 22.9 Å². The zero-order valence-corrected chi connectivity index (χ0v) is 16.9. The van der Waals surface area contributed by atoms with E-state index in [0.29, 0.717) is 18.5 Å². The fourth-order valence-corrected chi connectivity index (χ4v) is 3.48. The molecule has 0 saturated heterocycles. The lowest BCUT2D eigenvalue weighted by molar-refractivity contribution is -0.138. The van der Waals surface area contributed by atoms with Gasteiger partial charge < -0.3 is 15.9 Å². The number of aliphatic carboxylic acids is 1. The van der Waals surface area contributed by atoms with Gasteiger partial charge in [-0.3, -0.25) is 14.3 Å². The summed E-state index contributed by atoms with van der Waals surface area (Å²) in [5.74, 6) is -1.54. The van der Waals surface area contributed by atoms with Gasteiger partial charge in [0.25, 0.3) is 5.91 Å². The molecular weight excluding hydrogens is 415 g/mol. The van der Waals surface area contributed by atoms with Crippen LogP contribution in [0, 0.1) is 0 Å². The van der Waals surface area contributed by atoms with Crippen molar-refractivity contribution in [1.29, 1.82) is 0 Å². The summed E-state index contributed by atoms with van der Waals surface area (Å²) < 4.78 is 41.4. The van der Waals surface area contributed by atoms with Gasteiger partial charge in [0, 0.05) is 18.6 Å². The number of unbranched alkanes of at least 4 members (excludes halogenated alkanes) is 1. The molecule has 7 nitrogen and oxygen atoms in total. The molecule has 1 aliphatic rings. The lowest BCUT2D eigenvalue weighted by Crippen LogP contribution is -2.14. The lowest BCUT2D eigenvalue weighted by atomic mass is 10.0. The zero-order valence-electron chi connectivity index (χ0n) is 16.9. The first-order valence-electron chi connectivity index (χ1n) is 10.0. The van der Waals surface area contributed by atoms with Gasteiger partial charge >= 0.3 is 12.1 Å². The Morgan fingerprint density at radius 2 is 1.81 bits per heavy atom. The summed E-state index contributed by atoms with van der Waals surface area (Å²) in [6.45, 7) is 0.0906. The molecule has 0 unspecified atom stereocenters. The van der Waals surface area contributed by atoms with Crippen molar-refractivity contribution in [2.24, 2.45) is 5.73 Å². The van der Waals surface area contributed by atoms with Crippen LogP contribution in [-0.2, 0) is 11.0 Å². The number of nitrogens with zero attached hydrogens (tertiary/aromatic N) is 2. The fourth-order valence-electron chi connectivity index (χ4n) is 3.48. The number of carbonyl (C=O) groups excluding carboxylic acids is 1. The Balaban J connectivity index is 0.000000366. The number of aliphatic hydroxyl groups is 1. The second kappa shape index (κ2) is 10.9. The summed E-state index contributed by atoms with van der Waals surface area (Å²) in [7, 11) is 0. The molecule has 4 N–H and O–H groups in total. The number of rotatable bonds is 7. The van der Waals surface area contributed by atoms with Gasteiger partial charge in [-0.15, -0.1) is 0 Å². The Morgan fingerprint density at radius 1 is 1.16 bits per heavy atom. The van der Waals surface area contributed by atoms with Gasteiger partial charge in [-0.2, -0.15) is 18.3 Å². The first-order valence-corrected chi connectivity index (χ1v) is 10.0. The number of halogens is 3. The number of hydrogen-bond donors (Lipinski definition) is 3. The summed E-state index contributed by atoms with van der Waals surface area (Å²) in [5, 5.41) is 20.4. The van der Waals surface area contributed by atoms with E-state index in [0.717, 1.165) is 31.7 Å². The van der Waals surface area contributed by atoms with Crippen molar-refractivity contribution < 1.29 is 33.0 Å². The van der Waals surface area contributed by atoms with E-state index in [-0.39, 0.29) is 30.3 Å². The molecule has 1 saturated carbocycles. The highest BCUT2D eigenvalue weighted by Crippen LogP contribution is 2.39. The number of carboxylic acid groups (broad SMARTS) is 1. The molecule has 1 aliphatic carbocycles. The number of carbonyl (C=O) groups is 2. The average molecular weight is 441 g/mol. The van der Waals surface area contributed by atoms with Crippen molar-refractivity contribution in [3.63, 3.8) is 0 Å². The number of nitrogens with two attached hydrogens (primary N) is 1. The SMILES string of the molecule is NC(=O)c1cc(-c2ccccc2C(F)(F)F)n(C2CCCC2)n1.O=C(O)CCCCO. The van der Waals surface area contributed by atoms with Crippen LogP contribution in [0.25, 0.3) is 11.3 Å². The molecule has 3 rings (SSSR count). The van der Waals surface area contributed by atoms with Gasteiger partial charge in [0.2, 0.25) is 0 Å². The summed E-state index contributed by atoms with van der Waals surface area (Å²) in [6, 6.07) is 6.67. The van der Waals surface area contributed by atoms with Gasteiger partial charge in [-0.05, 0) is 37.8 Å². The molecule has 1 aromatic carbocycles. The molecule has 31 heavy (non-hydrogen) atoms. The topological polar surface area (TPSA) is 118 Å². The summed E-state index contributed by atoms with van der Waals surface area (Å²) in [6.07, 6.45) is 0.517. The molecule has 1 amide bonds. The lowest BCUT2D eigenvalue weighted by Gasteiger charge is -2.17. The van der Waals surface area contributed by atoms with Gasteiger partial charge in [0.05, 0.1) is 17.3 Å². The molecule has 10 heteroatoms. The van der Waals surface area contributed by atoms with E-state index in [1.807, 2.05) is 0 Å². The number of carboxylic acids is 1. The van der Waals surface area contributed by atoms with Crippen LogP contribution >= 0.6 is 0 Å². The van der Waals surface area contributed by atoms with Crippen LogP contribution < -0.4 is 5.73 Å². The Kier molecular flexibility index (Phi) is 8.61. The minimum absolute atomic E-state index is 0.000565. The van der Waals surface area contributed by atoms with Crippen LogP contribution in [0.2, 0.25) is 0 Å². The van der Waals surface area contributed by atoms with E-state index >= 15 is 0 Å². The molecule has 0 bridgehead atoms. The van der Waals surface area contributed by atoms with Crippen molar-refractivity contribution in [3.8, 4) is 11.3 Å². The molecular formula is C21H26F3N3O4. The van der Waals surface area contributed by atoms with Crippen molar-refractivity contribution in [1.82, 2.24) is 9.78 Å². The minimum Gasteiger partial charge on any atom is -0.481 e. The van der Waals surface area contributed by atoms with E-state index in [9.17, 15) is 22.8 Å². The monoisotopic (exact) mass is 441 g/mol. The molecule has 1 heterocycles. The van der Waals surface area contributed by atoms with Crippen molar-refractivity contribution in [2.45, 2.75) is 57.2 Å². The third-order valence-corrected chi connectivity index (χ3v) is 4.97. The van der Waals surface area contributed by atoms with Crippen LogP contribution in [0.5, 0.6) is 0 Å². The standard InChI is InChI=1S/C16H16F3N3O.C5H10O3/c17-16(18,19)12-8-4-3-7-11(12)14-9-13(15(20)23)21-22(14)10-5-1-2-6-10;6-4-2-1-3-5(7)8/h3-4,7-10H,1-2,5-6H2,(H2,20,23);6H,1-4H2,(H,7,8). The molecule has 2 aromatic rings. The van der Waals surface area contributed by atoms with Crippen molar-refractivity contribution >= 4 is 11.9 Å². The van der Waals surface area contributed by atoms with Crippen molar-refractivity contribution in [3.05, 3.63) is 41.6 Å². The summed E-state index contributed by atoms with van der Waals surface area (Å²) in [5.41, 5.74) is 4.82. The molecule has 0 atom stereocenters. The summed E-state index contributed by atoms with van der Waals surface area (Å²) >= 11 is 0. The highest BCUT2D eigenvalue weighted by Gasteiger charge is 2.35. The molecule has 1 fully saturated rings. The second-order valence-electron chi connectivity index (χ2n) is 7.28. The van der Waals surface area contributed by atoms with Gasteiger partial charge in [0.15, 0.2) is 5.69 Å².